The summed E-state index contributed by atoms with van der Waals surface area (Å²) in [6.07, 6.45) is 3.45. The Hall–Kier alpha value is -2.71. The molecule has 0 saturated carbocycles. The van der Waals surface area contributed by atoms with Gasteiger partial charge >= 0.3 is 6.03 Å². The van der Waals surface area contributed by atoms with Crippen LogP contribution in [0.5, 0.6) is 5.75 Å². The fraction of sp³-hybridized carbons (Fsp3) is 0.594. The SMILES string of the molecule is COc1ccc(CN2CCC3(CCN(C[C@H]4CN(C(=O)N5CCC(F)(F)C5)C[C@@H]4c4ccccc4)CC3)C2)cc1. The molecule has 4 saturated heterocycles. The van der Waals surface area contributed by atoms with Crippen LogP contribution < -0.4 is 4.74 Å². The molecule has 6 rings (SSSR count). The van der Waals surface area contributed by atoms with Gasteiger partial charge in [0.05, 0.1) is 13.7 Å². The number of rotatable bonds is 6. The van der Waals surface area contributed by atoms with E-state index in [1.165, 1.54) is 35.3 Å². The van der Waals surface area contributed by atoms with Gasteiger partial charge in [-0.15, -0.1) is 0 Å². The minimum Gasteiger partial charge on any atom is -0.497 e. The second-order valence-corrected chi connectivity index (χ2v) is 12.6. The molecule has 0 aromatic heterocycles. The maximum atomic E-state index is 13.8. The molecule has 2 aromatic rings. The molecule has 0 radical (unpaired) electrons. The third-order valence-corrected chi connectivity index (χ3v) is 9.87. The van der Waals surface area contributed by atoms with E-state index in [1.54, 1.807) is 7.11 Å². The Morgan fingerprint density at radius 3 is 2.20 bits per heavy atom. The summed E-state index contributed by atoms with van der Waals surface area (Å²) in [7, 11) is 1.70. The van der Waals surface area contributed by atoms with Crippen molar-refractivity contribution in [3.63, 3.8) is 0 Å². The first-order valence-electron chi connectivity index (χ1n) is 14.9. The molecule has 40 heavy (non-hydrogen) atoms. The van der Waals surface area contributed by atoms with Gasteiger partial charge in [0.25, 0.3) is 5.92 Å². The van der Waals surface area contributed by atoms with E-state index in [4.69, 9.17) is 4.74 Å². The largest absolute Gasteiger partial charge is 0.497 e. The van der Waals surface area contributed by atoms with Crippen molar-refractivity contribution in [3.8, 4) is 5.75 Å². The Bertz CT molecular complexity index is 1150. The number of hydrogen-bond donors (Lipinski definition) is 0. The van der Waals surface area contributed by atoms with Crippen LogP contribution in [0, 0.1) is 11.3 Å². The predicted molar refractivity (Wildman–Crippen MR) is 152 cm³/mol. The lowest BCUT2D eigenvalue weighted by Gasteiger charge is -2.40. The molecule has 2 aromatic carbocycles. The summed E-state index contributed by atoms with van der Waals surface area (Å²) in [6, 6.07) is 18.6. The summed E-state index contributed by atoms with van der Waals surface area (Å²) in [5.74, 6) is -1.33. The number of ether oxygens (including phenoxy) is 1. The highest BCUT2D eigenvalue weighted by atomic mass is 19.3. The summed E-state index contributed by atoms with van der Waals surface area (Å²) in [4.78, 5) is 21.6. The molecule has 0 N–H and O–H groups in total. The van der Waals surface area contributed by atoms with Gasteiger partial charge in [-0.25, -0.2) is 13.6 Å². The number of urea groups is 1. The van der Waals surface area contributed by atoms with Crippen LogP contribution in [-0.2, 0) is 6.54 Å². The van der Waals surface area contributed by atoms with E-state index in [9.17, 15) is 13.6 Å². The molecule has 2 amide bonds. The summed E-state index contributed by atoms with van der Waals surface area (Å²) in [5, 5.41) is 0. The van der Waals surface area contributed by atoms with Crippen LogP contribution in [0.25, 0.3) is 0 Å². The summed E-state index contributed by atoms with van der Waals surface area (Å²) in [5.41, 5.74) is 2.98. The zero-order valence-corrected chi connectivity index (χ0v) is 23.6. The fourth-order valence-corrected chi connectivity index (χ4v) is 7.49. The third-order valence-electron chi connectivity index (χ3n) is 9.87. The van der Waals surface area contributed by atoms with Crippen LogP contribution in [-0.4, -0.2) is 97.6 Å². The van der Waals surface area contributed by atoms with Gasteiger partial charge in [0.15, 0.2) is 0 Å². The normalized spacial score (nSPS) is 26.6. The number of amides is 2. The molecule has 4 aliphatic heterocycles. The lowest BCUT2D eigenvalue weighted by Crippen LogP contribution is -2.44. The van der Waals surface area contributed by atoms with Crippen LogP contribution in [0.15, 0.2) is 54.6 Å². The van der Waals surface area contributed by atoms with Crippen LogP contribution >= 0.6 is 0 Å². The van der Waals surface area contributed by atoms with E-state index >= 15 is 0 Å². The van der Waals surface area contributed by atoms with Crippen molar-refractivity contribution in [1.82, 2.24) is 19.6 Å². The highest BCUT2D eigenvalue weighted by Crippen LogP contribution is 2.42. The average molecular weight is 553 g/mol. The van der Waals surface area contributed by atoms with Gasteiger partial charge in [0.2, 0.25) is 0 Å². The van der Waals surface area contributed by atoms with E-state index in [-0.39, 0.29) is 24.9 Å². The molecule has 4 aliphatic rings. The topological polar surface area (TPSA) is 39.3 Å². The summed E-state index contributed by atoms with van der Waals surface area (Å²) >= 11 is 0. The van der Waals surface area contributed by atoms with Crippen molar-refractivity contribution in [3.05, 3.63) is 65.7 Å². The van der Waals surface area contributed by atoms with E-state index in [0.717, 1.165) is 45.0 Å². The monoisotopic (exact) mass is 552 g/mol. The summed E-state index contributed by atoms with van der Waals surface area (Å²) < 4.78 is 33.0. The number of halogens is 2. The number of piperidine rings is 1. The fourth-order valence-electron chi connectivity index (χ4n) is 7.49. The quantitative estimate of drug-likeness (QED) is 0.497. The standard InChI is InChI=1S/C32H42F2N4O2/c1-40-28-9-7-25(8-10-28)19-36-17-13-31(23-36)11-15-35(16-12-31)20-27-21-38(22-29(27)26-5-3-2-4-6-26)30(39)37-18-14-32(33,34)24-37/h2-10,27,29H,11-24H2,1H3/t27-,29+/m0/s1. The number of carbonyl (C=O) groups excluding carboxylic acids is 1. The van der Waals surface area contributed by atoms with E-state index in [0.29, 0.717) is 24.4 Å². The zero-order chi connectivity index (χ0) is 27.7. The van der Waals surface area contributed by atoms with E-state index < -0.39 is 12.5 Å². The van der Waals surface area contributed by atoms with Crippen molar-refractivity contribution >= 4 is 6.03 Å². The molecule has 2 atom stereocenters. The molecule has 216 valence electrons. The number of likely N-dealkylation sites (tertiary alicyclic amines) is 4. The van der Waals surface area contributed by atoms with Crippen molar-refractivity contribution < 1.29 is 18.3 Å². The molecule has 4 heterocycles. The first-order chi connectivity index (χ1) is 19.3. The Kier molecular flexibility index (Phi) is 7.75. The number of alkyl halides is 2. The number of nitrogens with zero attached hydrogens (tertiary/aromatic N) is 4. The van der Waals surface area contributed by atoms with Crippen LogP contribution in [0.1, 0.15) is 42.7 Å². The number of hydrogen-bond acceptors (Lipinski definition) is 4. The second-order valence-electron chi connectivity index (χ2n) is 12.6. The highest BCUT2D eigenvalue weighted by molar-refractivity contribution is 5.75. The van der Waals surface area contributed by atoms with Gasteiger partial charge in [0, 0.05) is 51.6 Å². The lowest BCUT2D eigenvalue weighted by molar-refractivity contribution is 0.0140. The van der Waals surface area contributed by atoms with Crippen molar-refractivity contribution in [2.45, 2.75) is 44.1 Å². The molecule has 0 unspecified atom stereocenters. The minimum absolute atomic E-state index is 0.146. The molecule has 8 heteroatoms. The smallest absolute Gasteiger partial charge is 0.320 e. The summed E-state index contributed by atoms with van der Waals surface area (Å²) in [6.45, 7) is 7.35. The Labute approximate surface area is 236 Å². The lowest BCUT2D eigenvalue weighted by atomic mass is 9.77. The van der Waals surface area contributed by atoms with Gasteiger partial charge in [-0.3, -0.25) is 4.90 Å². The van der Waals surface area contributed by atoms with Gasteiger partial charge in [-0.1, -0.05) is 42.5 Å². The molecule has 0 bridgehead atoms. The van der Waals surface area contributed by atoms with Crippen molar-refractivity contribution in [2.75, 3.05) is 66.0 Å². The number of carbonyl (C=O) groups is 1. The zero-order valence-electron chi connectivity index (χ0n) is 23.6. The van der Waals surface area contributed by atoms with Crippen molar-refractivity contribution in [1.29, 1.82) is 0 Å². The van der Waals surface area contributed by atoms with Crippen molar-refractivity contribution in [2.24, 2.45) is 11.3 Å². The maximum absolute atomic E-state index is 13.8. The molecule has 4 fully saturated rings. The molecule has 6 nitrogen and oxygen atoms in total. The molecule has 0 aliphatic carbocycles. The Morgan fingerprint density at radius 1 is 0.850 bits per heavy atom. The Balaban J connectivity index is 1.05. The maximum Gasteiger partial charge on any atom is 0.320 e. The number of benzene rings is 2. The average Bonchev–Trinajstić information content (AvgIpc) is 3.67. The second kappa shape index (κ2) is 11.3. The number of methoxy groups -OCH3 is 1. The molecule has 1 spiro atoms. The first kappa shape index (κ1) is 27.5. The van der Waals surface area contributed by atoms with Crippen LogP contribution in [0.2, 0.25) is 0 Å². The highest BCUT2D eigenvalue weighted by Gasteiger charge is 2.45. The molecular formula is C32H42F2N4O2. The third kappa shape index (κ3) is 5.98. The van der Waals surface area contributed by atoms with Crippen LogP contribution in [0.3, 0.4) is 0 Å². The first-order valence-corrected chi connectivity index (χ1v) is 14.9. The minimum atomic E-state index is -2.76. The van der Waals surface area contributed by atoms with Gasteiger partial charge in [-0.05, 0) is 73.5 Å². The Morgan fingerprint density at radius 2 is 1.55 bits per heavy atom. The van der Waals surface area contributed by atoms with Gasteiger partial charge < -0.3 is 19.4 Å². The van der Waals surface area contributed by atoms with Gasteiger partial charge in [0.1, 0.15) is 5.75 Å². The molecular weight excluding hydrogens is 510 g/mol. The predicted octanol–water partition coefficient (Wildman–Crippen LogP) is 5.16. The van der Waals surface area contributed by atoms with Gasteiger partial charge in [-0.2, -0.15) is 0 Å². The van der Waals surface area contributed by atoms with E-state index in [2.05, 4.69) is 46.2 Å². The van der Waals surface area contributed by atoms with Crippen LogP contribution in [0.4, 0.5) is 13.6 Å². The van der Waals surface area contributed by atoms with E-state index in [1.807, 2.05) is 23.1 Å².